The summed E-state index contributed by atoms with van der Waals surface area (Å²) in [6, 6.07) is 13.8. The third-order valence-electron chi connectivity index (χ3n) is 5.32. The number of aryl methyl sites for hydroxylation is 2. The molecule has 0 fully saturated rings. The molecule has 0 aliphatic rings. The molecule has 0 bridgehead atoms. The highest BCUT2D eigenvalue weighted by Gasteiger charge is 2.31. The SMILES string of the molecule is Cc1ccc(N(CC(=O)N(Cc2ccccc2)C(C)C(=O)NC(C)(C)C)S(C)(=O)=O)cc1C. The fourth-order valence-electron chi connectivity index (χ4n) is 3.33. The van der Waals surface area contributed by atoms with Crippen molar-refractivity contribution in [2.45, 2.75) is 59.7 Å². The number of hydrogen-bond donors (Lipinski definition) is 1. The molecule has 2 rings (SSSR count). The van der Waals surface area contributed by atoms with Crippen LogP contribution in [-0.4, -0.2) is 49.5 Å². The van der Waals surface area contributed by atoms with E-state index < -0.39 is 34.1 Å². The first-order valence-electron chi connectivity index (χ1n) is 10.9. The zero-order valence-corrected chi connectivity index (χ0v) is 21.4. The van der Waals surface area contributed by atoms with E-state index in [2.05, 4.69) is 5.32 Å². The number of carbonyl (C=O) groups excluding carboxylic acids is 2. The standard InChI is InChI=1S/C25H35N3O4S/c1-18-13-14-22(15-19(18)2)28(33(7,31)32)17-23(29)27(16-21-11-9-8-10-12-21)20(3)24(30)26-25(4,5)6/h8-15,20H,16-17H2,1-7H3,(H,26,30). The van der Waals surface area contributed by atoms with Crippen LogP contribution >= 0.6 is 0 Å². The molecular weight excluding hydrogens is 438 g/mol. The van der Waals surface area contributed by atoms with Gasteiger partial charge in [0, 0.05) is 12.1 Å². The smallest absolute Gasteiger partial charge is 0.244 e. The van der Waals surface area contributed by atoms with Gasteiger partial charge < -0.3 is 10.2 Å². The number of sulfonamides is 1. The summed E-state index contributed by atoms with van der Waals surface area (Å²) in [6.07, 6.45) is 1.08. The zero-order valence-electron chi connectivity index (χ0n) is 20.5. The number of benzene rings is 2. The Balaban J connectivity index is 2.40. The lowest BCUT2D eigenvalue weighted by Crippen LogP contribution is -2.54. The van der Waals surface area contributed by atoms with Gasteiger partial charge in [0.05, 0.1) is 11.9 Å². The Morgan fingerprint density at radius 2 is 1.61 bits per heavy atom. The minimum absolute atomic E-state index is 0.183. The van der Waals surface area contributed by atoms with E-state index in [1.165, 1.54) is 4.90 Å². The summed E-state index contributed by atoms with van der Waals surface area (Å²) in [4.78, 5) is 27.8. The maximum absolute atomic E-state index is 13.5. The fraction of sp³-hybridized carbons (Fsp3) is 0.440. The maximum atomic E-state index is 13.5. The summed E-state index contributed by atoms with van der Waals surface area (Å²) in [5, 5.41) is 2.90. The van der Waals surface area contributed by atoms with Gasteiger partial charge in [-0.1, -0.05) is 36.4 Å². The molecule has 0 heterocycles. The summed E-state index contributed by atoms with van der Waals surface area (Å²) in [7, 11) is -3.74. The summed E-state index contributed by atoms with van der Waals surface area (Å²) >= 11 is 0. The van der Waals surface area contributed by atoms with Crippen molar-refractivity contribution in [3.8, 4) is 0 Å². The molecule has 0 aliphatic carbocycles. The summed E-state index contributed by atoms with van der Waals surface area (Å²) in [5.41, 5.74) is 2.74. The van der Waals surface area contributed by atoms with Crippen LogP contribution in [0, 0.1) is 13.8 Å². The van der Waals surface area contributed by atoms with Gasteiger partial charge >= 0.3 is 0 Å². The molecule has 8 heteroatoms. The summed E-state index contributed by atoms with van der Waals surface area (Å²) < 4.78 is 26.3. The van der Waals surface area contributed by atoms with Crippen LogP contribution in [0.15, 0.2) is 48.5 Å². The van der Waals surface area contributed by atoms with Gasteiger partial charge in [0.15, 0.2) is 0 Å². The van der Waals surface area contributed by atoms with E-state index in [-0.39, 0.29) is 12.5 Å². The second-order valence-electron chi connectivity index (χ2n) is 9.46. The quantitative estimate of drug-likeness (QED) is 0.637. The van der Waals surface area contributed by atoms with Crippen molar-refractivity contribution in [3.05, 3.63) is 65.2 Å². The Bertz CT molecular complexity index is 1090. The lowest BCUT2D eigenvalue weighted by Gasteiger charge is -2.33. The highest BCUT2D eigenvalue weighted by molar-refractivity contribution is 7.92. The highest BCUT2D eigenvalue weighted by Crippen LogP contribution is 2.22. The number of rotatable bonds is 8. The summed E-state index contributed by atoms with van der Waals surface area (Å²) in [6.45, 7) is 10.9. The highest BCUT2D eigenvalue weighted by atomic mass is 32.2. The molecule has 1 unspecified atom stereocenters. The Morgan fingerprint density at radius 3 is 2.12 bits per heavy atom. The zero-order chi connectivity index (χ0) is 25.0. The second-order valence-corrected chi connectivity index (χ2v) is 11.4. The summed E-state index contributed by atoms with van der Waals surface area (Å²) in [5.74, 6) is -0.761. The van der Waals surface area contributed by atoms with Gasteiger partial charge in [-0.2, -0.15) is 0 Å². The molecular formula is C25H35N3O4S. The van der Waals surface area contributed by atoms with E-state index in [1.54, 1.807) is 19.1 Å². The van der Waals surface area contributed by atoms with Crippen LogP contribution in [0.1, 0.15) is 44.4 Å². The maximum Gasteiger partial charge on any atom is 0.244 e. The molecule has 0 aromatic heterocycles. The number of nitrogens with zero attached hydrogens (tertiary/aromatic N) is 2. The molecule has 33 heavy (non-hydrogen) atoms. The van der Waals surface area contributed by atoms with E-state index in [4.69, 9.17) is 0 Å². The Kier molecular flexibility index (Phi) is 8.30. The van der Waals surface area contributed by atoms with Crippen LogP contribution in [-0.2, 0) is 26.2 Å². The first-order valence-corrected chi connectivity index (χ1v) is 12.7. The first kappa shape index (κ1) is 26.4. The molecule has 2 aromatic carbocycles. The second kappa shape index (κ2) is 10.4. The van der Waals surface area contributed by atoms with E-state index in [1.807, 2.05) is 71.0 Å². The van der Waals surface area contributed by atoms with Gasteiger partial charge in [-0.25, -0.2) is 8.42 Å². The predicted molar refractivity (Wildman–Crippen MR) is 132 cm³/mol. The predicted octanol–water partition coefficient (Wildman–Crippen LogP) is 3.40. The molecule has 0 saturated heterocycles. The van der Waals surface area contributed by atoms with Crippen LogP contribution in [0.25, 0.3) is 0 Å². The fourth-order valence-corrected chi connectivity index (χ4v) is 4.17. The molecule has 0 radical (unpaired) electrons. The minimum Gasteiger partial charge on any atom is -0.350 e. The van der Waals surface area contributed by atoms with Gasteiger partial charge in [-0.3, -0.25) is 13.9 Å². The van der Waals surface area contributed by atoms with Crippen LogP contribution in [0.3, 0.4) is 0 Å². The van der Waals surface area contributed by atoms with Gasteiger partial charge in [-0.05, 0) is 70.4 Å². The lowest BCUT2D eigenvalue weighted by atomic mass is 10.1. The number of amides is 2. The third kappa shape index (κ3) is 7.60. The van der Waals surface area contributed by atoms with E-state index in [0.717, 1.165) is 27.3 Å². The van der Waals surface area contributed by atoms with Crippen molar-refractivity contribution in [2.24, 2.45) is 0 Å². The van der Waals surface area contributed by atoms with Crippen LogP contribution < -0.4 is 9.62 Å². The van der Waals surface area contributed by atoms with Crippen molar-refractivity contribution >= 4 is 27.5 Å². The van der Waals surface area contributed by atoms with Crippen molar-refractivity contribution in [2.75, 3.05) is 17.1 Å². The van der Waals surface area contributed by atoms with E-state index in [0.29, 0.717) is 5.69 Å². The van der Waals surface area contributed by atoms with E-state index >= 15 is 0 Å². The van der Waals surface area contributed by atoms with Gasteiger partial charge in [0.1, 0.15) is 12.6 Å². The number of carbonyl (C=O) groups is 2. The van der Waals surface area contributed by atoms with Crippen LogP contribution in [0.2, 0.25) is 0 Å². The molecule has 7 nitrogen and oxygen atoms in total. The largest absolute Gasteiger partial charge is 0.350 e. The van der Waals surface area contributed by atoms with Gasteiger partial charge in [0.2, 0.25) is 21.8 Å². The molecule has 1 N–H and O–H groups in total. The van der Waals surface area contributed by atoms with Crippen LogP contribution in [0.4, 0.5) is 5.69 Å². The molecule has 0 spiro atoms. The molecule has 1 atom stereocenters. The number of nitrogens with one attached hydrogen (secondary N) is 1. The average molecular weight is 474 g/mol. The van der Waals surface area contributed by atoms with E-state index in [9.17, 15) is 18.0 Å². The van der Waals surface area contributed by atoms with Crippen molar-refractivity contribution < 1.29 is 18.0 Å². The molecule has 2 aromatic rings. The normalized spacial score (nSPS) is 12.7. The lowest BCUT2D eigenvalue weighted by molar-refractivity contribution is -0.140. The van der Waals surface area contributed by atoms with Crippen molar-refractivity contribution in [1.29, 1.82) is 0 Å². The Hall–Kier alpha value is -2.87. The Labute approximate surface area is 197 Å². The average Bonchev–Trinajstić information content (AvgIpc) is 2.70. The Morgan fingerprint density at radius 1 is 1.00 bits per heavy atom. The van der Waals surface area contributed by atoms with Crippen LogP contribution in [0.5, 0.6) is 0 Å². The minimum atomic E-state index is -3.74. The topological polar surface area (TPSA) is 86.8 Å². The monoisotopic (exact) mass is 473 g/mol. The van der Waals surface area contributed by atoms with Gasteiger partial charge in [0.25, 0.3) is 0 Å². The number of anilines is 1. The third-order valence-corrected chi connectivity index (χ3v) is 6.46. The molecule has 0 saturated carbocycles. The molecule has 180 valence electrons. The first-order chi connectivity index (χ1) is 15.2. The van der Waals surface area contributed by atoms with Crippen molar-refractivity contribution in [3.63, 3.8) is 0 Å². The molecule has 0 aliphatic heterocycles. The van der Waals surface area contributed by atoms with Gasteiger partial charge in [-0.15, -0.1) is 0 Å². The number of hydrogen-bond acceptors (Lipinski definition) is 4. The molecule has 2 amide bonds. The van der Waals surface area contributed by atoms with Crippen molar-refractivity contribution in [1.82, 2.24) is 10.2 Å².